The van der Waals surface area contributed by atoms with Crippen molar-refractivity contribution in [2.24, 2.45) is 0 Å². The quantitative estimate of drug-likeness (QED) is 0.0207. The number of carbonyl (C=O) groups excluding carboxylic acids is 2. The van der Waals surface area contributed by atoms with Gasteiger partial charge in [0, 0.05) is 12.8 Å². The Hall–Kier alpha value is -1.35. The molecule has 9 N–H and O–H groups in total. The van der Waals surface area contributed by atoms with Crippen molar-refractivity contribution in [2.75, 3.05) is 19.8 Å². The molecule has 2 aliphatic rings. The molecule has 1 saturated heterocycles. The van der Waals surface area contributed by atoms with Gasteiger partial charge in [-0.2, -0.15) is 0 Å². The molecule has 1 saturated carbocycles. The average molecular weight is 973 g/mol. The first-order valence-corrected chi connectivity index (χ1v) is 26.9. The molecule has 0 aromatic heterocycles. The SMILES string of the molecule is CCCCCCCCCCCCCCCC(=O)OC[C@H](COP(=O)(O)O[C@@H]1[C@H](O)[C@H](O)[C@@H](O)[C@H](O)[C@H]1O[C@H]1O[C@H](CO)[C@@H](O)[C@H](O)[C@H]1O)OC(=O)CCCCCCCCCCCCCCC. The standard InChI is InChI=1S/C47H89O18P/c1-3-5-7-9-11-13-15-17-19-21-23-25-27-29-36(49)60-32-34(62-37(50)30-28-26-24-22-20-18-16-14-12-10-8-6-4-2)33-61-66(58,59)65-46-43(56)41(54)40(53)42(55)45(46)64-47-44(57)39(52)38(51)35(31-48)63-47/h34-35,38-48,51-57H,3-33H2,1-2H3,(H,58,59)/t34-,35-,38-,39+,40-,41-,42+,43-,44-,45-,46-,47-/m1/s1. The van der Waals surface area contributed by atoms with Crippen molar-refractivity contribution < 1.29 is 87.9 Å². The monoisotopic (exact) mass is 973 g/mol. The maximum Gasteiger partial charge on any atom is 0.472 e. The third-order valence-corrected chi connectivity index (χ3v) is 13.5. The summed E-state index contributed by atoms with van der Waals surface area (Å²) in [6, 6.07) is 0. The van der Waals surface area contributed by atoms with E-state index in [9.17, 15) is 59.9 Å². The van der Waals surface area contributed by atoms with E-state index in [-0.39, 0.29) is 12.8 Å². The minimum Gasteiger partial charge on any atom is -0.462 e. The Balaban J connectivity index is 1.95. The summed E-state index contributed by atoms with van der Waals surface area (Å²) >= 11 is 0. The van der Waals surface area contributed by atoms with Crippen LogP contribution in [0.3, 0.4) is 0 Å². The van der Waals surface area contributed by atoms with E-state index in [2.05, 4.69) is 13.8 Å². The van der Waals surface area contributed by atoms with Gasteiger partial charge in [-0.25, -0.2) is 4.57 Å². The summed E-state index contributed by atoms with van der Waals surface area (Å²) in [7, 11) is -5.37. The lowest BCUT2D eigenvalue weighted by atomic mass is 9.84. The highest BCUT2D eigenvalue weighted by Crippen LogP contribution is 2.48. The van der Waals surface area contributed by atoms with Crippen LogP contribution in [0.1, 0.15) is 194 Å². The Labute approximate surface area is 393 Å². The van der Waals surface area contributed by atoms with Crippen LogP contribution < -0.4 is 0 Å². The first-order valence-electron chi connectivity index (χ1n) is 25.4. The van der Waals surface area contributed by atoms with E-state index in [4.69, 9.17) is 28.0 Å². The fourth-order valence-corrected chi connectivity index (χ4v) is 9.32. The summed E-state index contributed by atoms with van der Waals surface area (Å²) in [5.41, 5.74) is 0. The molecule has 0 spiro atoms. The Morgan fingerprint density at radius 1 is 0.515 bits per heavy atom. The number of unbranched alkanes of at least 4 members (excludes halogenated alkanes) is 24. The lowest BCUT2D eigenvalue weighted by molar-refractivity contribution is -0.338. The minimum atomic E-state index is -5.37. The second-order valence-electron chi connectivity index (χ2n) is 18.4. The highest BCUT2D eigenvalue weighted by atomic mass is 31.2. The van der Waals surface area contributed by atoms with Gasteiger partial charge in [-0.3, -0.25) is 18.6 Å². The lowest BCUT2D eigenvalue weighted by Crippen LogP contribution is -2.67. The maximum atomic E-state index is 13.4. The van der Waals surface area contributed by atoms with Crippen LogP contribution in [0.5, 0.6) is 0 Å². The predicted molar refractivity (Wildman–Crippen MR) is 245 cm³/mol. The third kappa shape index (κ3) is 24.5. The van der Waals surface area contributed by atoms with Crippen molar-refractivity contribution in [3.63, 3.8) is 0 Å². The fraction of sp³-hybridized carbons (Fsp3) is 0.957. The molecule has 18 nitrogen and oxygen atoms in total. The second kappa shape index (κ2) is 35.7. The summed E-state index contributed by atoms with van der Waals surface area (Å²) < 4.78 is 45.4. The predicted octanol–water partition coefficient (Wildman–Crippen LogP) is 5.55. The summed E-state index contributed by atoms with van der Waals surface area (Å²) in [4.78, 5) is 36.5. The van der Waals surface area contributed by atoms with Crippen LogP contribution in [-0.4, -0.2) is 151 Å². The van der Waals surface area contributed by atoms with Gasteiger partial charge in [0.1, 0.15) is 67.6 Å². The number of hydrogen-bond donors (Lipinski definition) is 9. The topological polar surface area (TPSA) is 289 Å². The van der Waals surface area contributed by atoms with Crippen LogP contribution in [0.2, 0.25) is 0 Å². The minimum absolute atomic E-state index is 0.0395. The number of phosphoric ester groups is 1. The summed E-state index contributed by atoms with van der Waals surface area (Å²) in [6.45, 7) is 2.23. The molecule has 1 aliphatic carbocycles. The van der Waals surface area contributed by atoms with Crippen molar-refractivity contribution in [2.45, 2.75) is 267 Å². The molecule has 0 amide bonds. The number of rotatable bonds is 39. The number of esters is 2. The fourth-order valence-electron chi connectivity index (χ4n) is 8.35. The molecule has 1 heterocycles. The van der Waals surface area contributed by atoms with Crippen LogP contribution >= 0.6 is 7.82 Å². The Morgan fingerprint density at radius 2 is 0.909 bits per heavy atom. The zero-order chi connectivity index (χ0) is 48.7. The largest absolute Gasteiger partial charge is 0.472 e. The normalized spacial score (nSPS) is 28.2. The zero-order valence-corrected chi connectivity index (χ0v) is 40.9. The summed E-state index contributed by atoms with van der Waals surface area (Å²) in [5, 5.41) is 82.9. The first-order chi connectivity index (χ1) is 31.7. The van der Waals surface area contributed by atoms with Gasteiger partial charge in [0.2, 0.25) is 0 Å². The highest BCUT2D eigenvalue weighted by molar-refractivity contribution is 7.47. The van der Waals surface area contributed by atoms with E-state index >= 15 is 0 Å². The van der Waals surface area contributed by atoms with E-state index in [1.165, 1.54) is 103 Å². The van der Waals surface area contributed by atoms with E-state index in [0.29, 0.717) is 12.8 Å². The molecule has 0 bridgehead atoms. The molecule has 0 aromatic rings. The molecule has 19 heteroatoms. The van der Waals surface area contributed by atoms with Crippen LogP contribution in [0, 0.1) is 0 Å². The van der Waals surface area contributed by atoms with Gasteiger partial charge in [0.05, 0.1) is 13.2 Å². The van der Waals surface area contributed by atoms with Crippen molar-refractivity contribution in [1.29, 1.82) is 0 Å². The Kier molecular flexibility index (Phi) is 32.9. The lowest BCUT2D eigenvalue weighted by Gasteiger charge is -2.47. The Morgan fingerprint density at radius 3 is 1.35 bits per heavy atom. The zero-order valence-electron chi connectivity index (χ0n) is 40.0. The number of ether oxygens (including phenoxy) is 4. The molecule has 13 atom stereocenters. The molecule has 1 aliphatic heterocycles. The van der Waals surface area contributed by atoms with Crippen LogP contribution in [0.4, 0.5) is 0 Å². The van der Waals surface area contributed by atoms with Crippen molar-refractivity contribution in [3.8, 4) is 0 Å². The molecule has 66 heavy (non-hydrogen) atoms. The van der Waals surface area contributed by atoms with Gasteiger partial charge in [-0.05, 0) is 12.8 Å². The van der Waals surface area contributed by atoms with Gasteiger partial charge in [-0.1, -0.05) is 168 Å². The van der Waals surface area contributed by atoms with Gasteiger partial charge >= 0.3 is 19.8 Å². The summed E-state index contributed by atoms with van der Waals surface area (Å²) in [6.07, 6.45) is 6.17. The average Bonchev–Trinajstić information content (AvgIpc) is 3.29. The Bertz CT molecular complexity index is 1300. The number of carbonyl (C=O) groups is 2. The second-order valence-corrected chi connectivity index (χ2v) is 19.8. The maximum absolute atomic E-state index is 13.4. The molecule has 0 aromatic carbocycles. The number of aliphatic hydroxyl groups excluding tert-OH is 8. The van der Waals surface area contributed by atoms with E-state index < -0.39 is 113 Å². The highest BCUT2D eigenvalue weighted by Gasteiger charge is 2.55. The molecule has 0 radical (unpaired) electrons. The first kappa shape index (κ1) is 60.8. The number of phosphoric acid groups is 1. The third-order valence-electron chi connectivity index (χ3n) is 12.6. The molecular weight excluding hydrogens is 883 g/mol. The number of aliphatic hydroxyl groups is 8. The van der Waals surface area contributed by atoms with Crippen molar-refractivity contribution in [1.82, 2.24) is 0 Å². The molecule has 1 unspecified atom stereocenters. The molecular formula is C47H89O18P. The van der Waals surface area contributed by atoms with E-state index in [1.54, 1.807) is 0 Å². The van der Waals surface area contributed by atoms with Crippen LogP contribution in [0.25, 0.3) is 0 Å². The number of hydrogen-bond acceptors (Lipinski definition) is 17. The van der Waals surface area contributed by atoms with E-state index in [0.717, 1.165) is 51.4 Å². The molecule has 390 valence electrons. The van der Waals surface area contributed by atoms with Gasteiger partial charge in [0.15, 0.2) is 12.4 Å². The summed E-state index contributed by atoms with van der Waals surface area (Å²) in [5.74, 6) is -1.21. The van der Waals surface area contributed by atoms with E-state index in [1.807, 2.05) is 0 Å². The van der Waals surface area contributed by atoms with Crippen LogP contribution in [0.15, 0.2) is 0 Å². The molecule has 2 fully saturated rings. The van der Waals surface area contributed by atoms with Gasteiger partial charge in [0.25, 0.3) is 0 Å². The molecule has 2 rings (SSSR count). The van der Waals surface area contributed by atoms with Crippen molar-refractivity contribution in [3.05, 3.63) is 0 Å². The van der Waals surface area contributed by atoms with Crippen LogP contribution in [-0.2, 0) is 42.1 Å². The smallest absolute Gasteiger partial charge is 0.462 e. The van der Waals surface area contributed by atoms with Crippen molar-refractivity contribution >= 4 is 19.8 Å². The van der Waals surface area contributed by atoms with Gasteiger partial charge in [-0.15, -0.1) is 0 Å². The van der Waals surface area contributed by atoms with Gasteiger partial charge < -0.3 is 64.7 Å².